The Bertz CT molecular complexity index is 1030. The van der Waals surface area contributed by atoms with Crippen molar-refractivity contribution >= 4 is 11.7 Å². The van der Waals surface area contributed by atoms with E-state index in [0.29, 0.717) is 17.1 Å². The lowest BCUT2D eigenvalue weighted by atomic mass is 10.1. The minimum absolute atomic E-state index is 0.0839. The predicted molar refractivity (Wildman–Crippen MR) is 120 cm³/mol. The van der Waals surface area contributed by atoms with Gasteiger partial charge in [0.2, 0.25) is 0 Å². The van der Waals surface area contributed by atoms with Gasteiger partial charge in [0, 0.05) is 36.3 Å². The van der Waals surface area contributed by atoms with E-state index in [2.05, 4.69) is 16.9 Å². The summed E-state index contributed by atoms with van der Waals surface area (Å²) in [6, 6.07) is 15.7. The molecule has 1 aliphatic heterocycles. The molecule has 6 heteroatoms. The minimum Gasteiger partial charge on any atom is -0.382 e. The van der Waals surface area contributed by atoms with Crippen LogP contribution in [-0.4, -0.2) is 58.9 Å². The quantitative estimate of drug-likeness (QED) is 0.727. The van der Waals surface area contributed by atoms with Crippen LogP contribution in [0.4, 0.5) is 5.82 Å². The van der Waals surface area contributed by atoms with Crippen molar-refractivity contribution in [3.63, 3.8) is 0 Å². The van der Waals surface area contributed by atoms with Gasteiger partial charge in [0.15, 0.2) is 0 Å². The van der Waals surface area contributed by atoms with Crippen LogP contribution in [0, 0.1) is 6.92 Å². The Balaban J connectivity index is 1.56. The van der Waals surface area contributed by atoms with Gasteiger partial charge in [-0.2, -0.15) is 0 Å². The summed E-state index contributed by atoms with van der Waals surface area (Å²) in [5.74, 6) is 0.487. The summed E-state index contributed by atoms with van der Waals surface area (Å²) in [6.45, 7) is 5.55. The fourth-order valence-electron chi connectivity index (χ4n) is 3.68. The number of anilines is 1. The number of aromatic nitrogens is 2. The van der Waals surface area contributed by atoms with Gasteiger partial charge in [-0.3, -0.25) is 4.79 Å². The third kappa shape index (κ3) is 4.33. The van der Waals surface area contributed by atoms with Crippen molar-refractivity contribution in [2.45, 2.75) is 13.3 Å². The highest BCUT2D eigenvalue weighted by atomic mass is 16.2. The molecule has 6 nitrogen and oxygen atoms in total. The summed E-state index contributed by atoms with van der Waals surface area (Å²) >= 11 is 0. The van der Waals surface area contributed by atoms with Crippen LogP contribution in [-0.2, 0) is 0 Å². The van der Waals surface area contributed by atoms with Crippen LogP contribution < -0.4 is 5.73 Å². The zero-order chi connectivity index (χ0) is 21.1. The largest absolute Gasteiger partial charge is 0.382 e. The molecule has 1 fully saturated rings. The molecule has 2 heterocycles. The van der Waals surface area contributed by atoms with Crippen molar-refractivity contribution in [1.82, 2.24) is 19.8 Å². The lowest BCUT2D eigenvalue weighted by Gasteiger charge is -2.20. The van der Waals surface area contributed by atoms with Gasteiger partial charge in [0.05, 0.1) is 11.9 Å². The minimum atomic E-state index is 0.0839. The number of benzene rings is 2. The summed E-state index contributed by atoms with van der Waals surface area (Å²) in [6.07, 6.45) is 2.68. The maximum atomic E-state index is 12.9. The van der Waals surface area contributed by atoms with E-state index in [-0.39, 0.29) is 5.91 Å². The third-order valence-corrected chi connectivity index (χ3v) is 5.56. The highest BCUT2D eigenvalue weighted by molar-refractivity contribution is 5.94. The van der Waals surface area contributed by atoms with E-state index < -0.39 is 0 Å². The van der Waals surface area contributed by atoms with Crippen molar-refractivity contribution in [3.8, 4) is 22.5 Å². The van der Waals surface area contributed by atoms with Gasteiger partial charge in [-0.15, -0.1) is 0 Å². The van der Waals surface area contributed by atoms with E-state index in [1.165, 1.54) is 5.56 Å². The van der Waals surface area contributed by atoms with E-state index in [1.807, 2.05) is 60.4 Å². The zero-order valence-corrected chi connectivity index (χ0v) is 17.5. The molecule has 0 spiro atoms. The Morgan fingerprint density at radius 3 is 2.37 bits per heavy atom. The lowest BCUT2D eigenvalue weighted by Crippen LogP contribution is -2.34. The molecule has 1 saturated heterocycles. The fraction of sp³-hybridized carbons (Fsp3) is 0.292. The zero-order valence-electron chi connectivity index (χ0n) is 17.5. The first kappa shape index (κ1) is 20.0. The normalized spacial score (nSPS) is 15.1. The first-order valence-corrected chi connectivity index (χ1v) is 10.3. The smallest absolute Gasteiger partial charge is 0.253 e. The Morgan fingerprint density at radius 2 is 1.63 bits per heavy atom. The van der Waals surface area contributed by atoms with Gasteiger partial charge in [-0.05, 0) is 39.1 Å². The third-order valence-electron chi connectivity index (χ3n) is 5.56. The van der Waals surface area contributed by atoms with Crippen LogP contribution in [0.3, 0.4) is 0 Å². The highest BCUT2D eigenvalue weighted by Crippen LogP contribution is 2.26. The van der Waals surface area contributed by atoms with Crippen molar-refractivity contribution in [3.05, 3.63) is 65.9 Å². The molecule has 1 amide bonds. The van der Waals surface area contributed by atoms with Crippen molar-refractivity contribution in [1.29, 1.82) is 0 Å². The van der Waals surface area contributed by atoms with Gasteiger partial charge in [0.1, 0.15) is 11.5 Å². The number of likely N-dealkylation sites (N-methyl/N-ethyl adjacent to an activating group) is 1. The number of hydrogen-bond donors (Lipinski definition) is 1. The maximum Gasteiger partial charge on any atom is 0.253 e. The molecule has 0 atom stereocenters. The standard InChI is InChI=1S/C24H27N5O/c1-17-4-6-19(7-5-17)22-23(25)26-16-21(27-22)18-8-10-20(11-9-18)24(30)29-13-3-12-28(2)14-15-29/h4-11,16H,3,12-15H2,1-2H3,(H2,25,26). The molecule has 2 aromatic carbocycles. The highest BCUT2D eigenvalue weighted by Gasteiger charge is 2.19. The Labute approximate surface area is 177 Å². The molecule has 0 bridgehead atoms. The number of nitrogen functional groups attached to an aromatic ring is 1. The first-order chi connectivity index (χ1) is 14.5. The molecule has 0 unspecified atom stereocenters. The molecule has 154 valence electrons. The SMILES string of the molecule is Cc1ccc(-c2nc(-c3ccc(C(=O)N4CCCN(C)CC4)cc3)cnc2N)cc1. The van der Waals surface area contributed by atoms with Crippen LogP contribution >= 0.6 is 0 Å². The average molecular weight is 402 g/mol. The Kier molecular flexibility index (Phi) is 5.77. The van der Waals surface area contributed by atoms with Crippen molar-refractivity contribution in [2.24, 2.45) is 0 Å². The van der Waals surface area contributed by atoms with E-state index in [9.17, 15) is 4.79 Å². The number of amides is 1. The molecule has 0 radical (unpaired) electrons. The molecule has 1 aromatic heterocycles. The van der Waals surface area contributed by atoms with Gasteiger partial charge in [-0.25, -0.2) is 9.97 Å². The molecular weight excluding hydrogens is 374 g/mol. The van der Waals surface area contributed by atoms with Crippen molar-refractivity contribution < 1.29 is 4.79 Å². The molecule has 3 aromatic rings. The molecule has 30 heavy (non-hydrogen) atoms. The number of carbonyl (C=O) groups excluding carboxylic acids is 1. The van der Waals surface area contributed by atoms with Crippen LogP contribution in [0.15, 0.2) is 54.7 Å². The molecule has 0 aliphatic carbocycles. The van der Waals surface area contributed by atoms with E-state index in [4.69, 9.17) is 10.7 Å². The number of nitrogens with two attached hydrogens (primary N) is 1. The molecule has 2 N–H and O–H groups in total. The molecule has 4 rings (SSSR count). The number of aryl methyl sites for hydroxylation is 1. The van der Waals surface area contributed by atoms with Crippen LogP contribution in [0.1, 0.15) is 22.3 Å². The number of hydrogen-bond acceptors (Lipinski definition) is 5. The summed E-state index contributed by atoms with van der Waals surface area (Å²) in [7, 11) is 2.10. The average Bonchev–Trinajstić information content (AvgIpc) is 2.99. The fourth-order valence-corrected chi connectivity index (χ4v) is 3.68. The number of nitrogens with zero attached hydrogens (tertiary/aromatic N) is 4. The maximum absolute atomic E-state index is 12.9. The summed E-state index contributed by atoms with van der Waals surface area (Å²) in [4.78, 5) is 26.2. The predicted octanol–water partition coefficient (Wildman–Crippen LogP) is 3.48. The molecule has 0 saturated carbocycles. The second-order valence-electron chi connectivity index (χ2n) is 7.88. The summed E-state index contributed by atoms with van der Waals surface area (Å²) < 4.78 is 0. The molecular formula is C24H27N5O. The monoisotopic (exact) mass is 401 g/mol. The van der Waals surface area contributed by atoms with E-state index >= 15 is 0 Å². The van der Waals surface area contributed by atoms with Gasteiger partial charge >= 0.3 is 0 Å². The second kappa shape index (κ2) is 8.63. The first-order valence-electron chi connectivity index (χ1n) is 10.3. The summed E-state index contributed by atoms with van der Waals surface area (Å²) in [5.41, 5.74) is 11.2. The van der Waals surface area contributed by atoms with Gasteiger partial charge < -0.3 is 15.5 Å². The van der Waals surface area contributed by atoms with Crippen LogP contribution in [0.25, 0.3) is 22.5 Å². The van der Waals surface area contributed by atoms with E-state index in [1.54, 1.807) is 6.20 Å². The van der Waals surface area contributed by atoms with Gasteiger partial charge in [-0.1, -0.05) is 42.0 Å². The lowest BCUT2D eigenvalue weighted by molar-refractivity contribution is 0.0763. The Morgan fingerprint density at radius 1 is 0.933 bits per heavy atom. The van der Waals surface area contributed by atoms with Crippen LogP contribution in [0.5, 0.6) is 0 Å². The topological polar surface area (TPSA) is 75.4 Å². The number of rotatable bonds is 3. The van der Waals surface area contributed by atoms with Gasteiger partial charge in [0.25, 0.3) is 5.91 Å². The van der Waals surface area contributed by atoms with Crippen molar-refractivity contribution in [2.75, 3.05) is 39.0 Å². The second-order valence-corrected chi connectivity index (χ2v) is 7.88. The number of carbonyl (C=O) groups is 1. The van der Waals surface area contributed by atoms with Crippen LogP contribution in [0.2, 0.25) is 0 Å². The Hall–Kier alpha value is -3.25. The molecule has 1 aliphatic rings. The van der Waals surface area contributed by atoms with E-state index in [0.717, 1.165) is 49.4 Å². The summed E-state index contributed by atoms with van der Waals surface area (Å²) in [5, 5.41) is 0.